The molecule has 7 nitrogen and oxygen atoms in total. The van der Waals surface area contributed by atoms with Crippen LogP contribution in [-0.4, -0.2) is 41.8 Å². The molecule has 0 radical (unpaired) electrons. The Kier molecular flexibility index (Phi) is 7.50. The lowest BCUT2D eigenvalue weighted by Crippen LogP contribution is -2.51. The SMILES string of the molecule is C#CCC(NC(=O)C(CCC)NC(=O)OCC1c2ccccc2-c2ccccc21)C(=O)O. The molecule has 0 saturated heterocycles. The topological polar surface area (TPSA) is 105 Å². The third-order valence-corrected chi connectivity index (χ3v) is 5.47. The van der Waals surface area contributed by atoms with Gasteiger partial charge in [-0.05, 0) is 28.7 Å². The summed E-state index contributed by atoms with van der Waals surface area (Å²) in [6, 6.07) is 13.9. The van der Waals surface area contributed by atoms with Gasteiger partial charge in [-0.2, -0.15) is 0 Å². The summed E-state index contributed by atoms with van der Waals surface area (Å²) in [6.45, 7) is 1.98. The molecule has 2 aromatic rings. The van der Waals surface area contributed by atoms with E-state index in [-0.39, 0.29) is 18.9 Å². The molecular weight excluding hydrogens is 408 g/mol. The van der Waals surface area contributed by atoms with E-state index in [1.54, 1.807) is 0 Å². The van der Waals surface area contributed by atoms with Crippen LogP contribution in [0.5, 0.6) is 0 Å². The van der Waals surface area contributed by atoms with E-state index in [1.165, 1.54) is 0 Å². The molecule has 2 unspecified atom stereocenters. The van der Waals surface area contributed by atoms with Crippen LogP contribution in [0, 0.1) is 12.3 Å². The average molecular weight is 434 g/mol. The third-order valence-electron chi connectivity index (χ3n) is 5.47. The Labute approximate surface area is 187 Å². The van der Waals surface area contributed by atoms with Crippen molar-refractivity contribution in [1.29, 1.82) is 0 Å². The van der Waals surface area contributed by atoms with Crippen LogP contribution in [0.3, 0.4) is 0 Å². The Morgan fingerprint density at radius 1 is 1.03 bits per heavy atom. The monoisotopic (exact) mass is 434 g/mol. The molecule has 0 heterocycles. The third kappa shape index (κ3) is 5.09. The summed E-state index contributed by atoms with van der Waals surface area (Å²) in [6.07, 6.45) is 5.23. The second kappa shape index (κ2) is 10.5. The highest BCUT2D eigenvalue weighted by molar-refractivity contribution is 5.89. The molecule has 0 fully saturated rings. The number of ether oxygens (including phenoxy) is 1. The van der Waals surface area contributed by atoms with Gasteiger partial charge in [0.15, 0.2) is 0 Å². The molecule has 0 bridgehead atoms. The molecule has 2 atom stereocenters. The maximum atomic E-state index is 12.5. The first-order chi connectivity index (χ1) is 15.5. The quantitative estimate of drug-likeness (QED) is 0.526. The summed E-state index contributed by atoms with van der Waals surface area (Å²) in [4.78, 5) is 36.3. The second-order valence-corrected chi connectivity index (χ2v) is 7.62. The zero-order chi connectivity index (χ0) is 23.1. The van der Waals surface area contributed by atoms with Gasteiger partial charge in [-0.15, -0.1) is 12.3 Å². The van der Waals surface area contributed by atoms with Crippen LogP contribution in [0.15, 0.2) is 48.5 Å². The zero-order valence-corrected chi connectivity index (χ0v) is 17.8. The lowest BCUT2D eigenvalue weighted by Gasteiger charge is -2.21. The molecular formula is C25H26N2O5. The molecule has 2 aromatic carbocycles. The maximum absolute atomic E-state index is 12.5. The van der Waals surface area contributed by atoms with Crippen LogP contribution >= 0.6 is 0 Å². The Balaban J connectivity index is 1.64. The van der Waals surface area contributed by atoms with Crippen molar-refractivity contribution in [1.82, 2.24) is 10.6 Å². The van der Waals surface area contributed by atoms with E-state index in [4.69, 9.17) is 11.2 Å². The first-order valence-electron chi connectivity index (χ1n) is 10.5. The van der Waals surface area contributed by atoms with Gasteiger partial charge in [-0.25, -0.2) is 9.59 Å². The lowest BCUT2D eigenvalue weighted by molar-refractivity contribution is -0.141. The number of rotatable bonds is 9. The maximum Gasteiger partial charge on any atom is 0.407 e. The number of hydrogen-bond donors (Lipinski definition) is 3. The van der Waals surface area contributed by atoms with Gasteiger partial charge in [0.25, 0.3) is 0 Å². The highest BCUT2D eigenvalue weighted by atomic mass is 16.5. The van der Waals surface area contributed by atoms with Crippen molar-refractivity contribution < 1.29 is 24.2 Å². The van der Waals surface area contributed by atoms with E-state index < -0.39 is 30.1 Å². The van der Waals surface area contributed by atoms with Crippen molar-refractivity contribution in [3.05, 3.63) is 59.7 Å². The molecule has 0 aliphatic heterocycles. The highest BCUT2D eigenvalue weighted by Crippen LogP contribution is 2.44. The summed E-state index contributed by atoms with van der Waals surface area (Å²) in [5.74, 6) is 0.291. The molecule has 32 heavy (non-hydrogen) atoms. The van der Waals surface area contributed by atoms with Gasteiger partial charge < -0.3 is 20.5 Å². The number of benzene rings is 2. The fourth-order valence-electron chi connectivity index (χ4n) is 3.93. The summed E-state index contributed by atoms with van der Waals surface area (Å²) in [5.41, 5.74) is 4.41. The largest absolute Gasteiger partial charge is 0.480 e. The normalized spacial score (nSPS) is 13.8. The molecule has 0 spiro atoms. The molecule has 1 aliphatic rings. The molecule has 3 rings (SSSR count). The summed E-state index contributed by atoms with van der Waals surface area (Å²) in [5, 5.41) is 14.1. The number of aliphatic carboxylic acids is 1. The van der Waals surface area contributed by atoms with Crippen molar-refractivity contribution in [2.24, 2.45) is 0 Å². The van der Waals surface area contributed by atoms with Crippen LogP contribution < -0.4 is 10.6 Å². The van der Waals surface area contributed by atoms with Crippen LogP contribution in [-0.2, 0) is 14.3 Å². The minimum Gasteiger partial charge on any atom is -0.480 e. The van der Waals surface area contributed by atoms with Gasteiger partial charge in [0, 0.05) is 12.3 Å². The Morgan fingerprint density at radius 3 is 2.16 bits per heavy atom. The van der Waals surface area contributed by atoms with Gasteiger partial charge in [0.05, 0.1) is 0 Å². The molecule has 2 amide bonds. The molecule has 3 N–H and O–H groups in total. The van der Waals surface area contributed by atoms with Gasteiger partial charge >= 0.3 is 12.1 Å². The van der Waals surface area contributed by atoms with Crippen molar-refractivity contribution in [2.75, 3.05) is 6.61 Å². The first-order valence-corrected chi connectivity index (χ1v) is 10.5. The number of fused-ring (bicyclic) bond motifs is 3. The van der Waals surface area contributed by atoms with Crippen molar-refractivity contribution >= 4 is 18.0 Å². The van der Waals surface area contributed by atoms with Crippen molar-refractivity contribution in [3.8, 4) is 23.5 Å². The number of terminal acetylenes is 1. The Morgan fingerprint density at radius 2 is 1.62 bits per heavy atom. The predicted molar refractivity (Wildman–Crippen MR) is 120 cm³/mol. The Bertz CT molecular complexity index is 997. The number of carboxylic acid groups (broad SMARTS) is 1. The summed E-state index contributed by atoms with van der Waals surface area (Å²) < 4.78 is 5.49. The van der Waals surface area contributed by atoms with E-state index >= 15 is 0 Å². The zero-order valence-electron chi connectivity index (χ0n) is 17.8. The number of carboxylic acids is 1. The molecule has 0 aromatic heterocycles. The number of carbonyl (C=O) groups excluding carboxylic acids is 2. The van der Waals surface area contributed by atoms with E-state index in [2.05, 4.69) is 16.6 Å². The molecule has 1 aliphatic carbocycles. The van der Waals surface area contributed by atoms with Crippen LogP contribution in [0.2, 0.25) is 0 Å². The van der Waals surface area contributed by atoms with E-state index in [0.29, 0.717) is 12.8 Å². The van der Waals surface area contributed by atoms with E-state index in [1.807, 2.05) is 55.5 Å². The molecule has 0 saturated carbocycles. The van der Waals surface area contributed by atoms with Gasteiger partial charge in [0.1, 0.15) is 18.7 Å². The fraction of sp³-hybridized carbons (Fsp3) is 0.320. The van der Waals surface area contributed by atoms with Gasteiger partial charge in [-0.3, -0.25) is 4.79 Å². The number of amides is 2. The number of carbonyl (C=O) groups is 3. The summed E-state index contributed by atoms with van der Waals surface area (Å²) in [7, 11) is 0. The van der Waals surface area contributed by atoms with Crippen molar-refractivity contribution in [2.45, 2.75) is 44.2 Å². The fourth-order valence-corrected chi connectivity index (χ4v) is 3.93. The smallest absolute Gasteiger partial charge is 0.407 e. The van der Waals surface area contributed by atoms with Crippen molar-refractivity contribution in [3.63, 3.8) is 0 Å². The lowest BCUT2D eigenvalue weighted by atomic mass is 9.98. The summed E-state index contributed by atoms with van der Waals surface area (Å²) >= 11 is 0. The van der Waals surface area contributed by atoms with E-state index in [0.717, 1.165) is 22.3 Å². The van der Waals surface area contributed by atoms with Gasteiger partial charge in [0.2, 0.25) is 5.91 Å². The minimum atomic E-state index is -1.23. The van der Waals surface area contributed by atoms with E-state index in [9.17, 15) is 19.5 Å². The Hall–Kier alpha value is -3.79. The number of hydrogen-bond acceptors (Lipinski definition) is 4. The van der Waals surface area contributed by atoms with Crippen LogP contribution in [0.1, 0.15) is 43.2 Å². The highest BCUT2D eigenvalue weighted by Gasteiger charge is 2.30. The van der Waals surface area contributed by atoms with Crippen LogP contribution in [0.4, 0.5) is 4.79 Å². The minimum absolute atomic E-state index is 0.0985. The van der Waals surface area contributed by atoms with Gasteiger partial charge in [-0.1, -0.05) is 61.9 Å². The number of nitrogens with one attached hydrogen (secondary N) is 2. The molecule has 166 valence electrons. The van der Waals surface area contributed by atoms with Crippen LogP contribution in [0.25, 0.3) is 11.1 Å². The first kappa shape index (κ1) is 22.9. The second-order valence-electron chi connectivity index (χ2n) is 7.62. The predicted octanol–water partition coefficient (Wildman–Crippen LogP) is 3.29. The molecule has 7 heteroatoms. The standard InChI is InChI=1S/C25H26N2O5/c1-3-9-21(23(28)26-22(10-4-2)24(29)30)27-25(31)32-15-20-18-13-7-5-11-16(18)17-12-6-8-14-19(17)20/h2,5-8,11-14,20-22H,3,9-10,15H2,1H3,(H,26,28)(H,27,31)(H,29,30). The average Bonchev–Trinajstić information content (AvgIpc) is 3.10. The number of alkyl carbamates (subject to hydrolysis) is 1.